The van der Waals surface area contributed by atoms with Crippen molar-refractivity contribution in [1.82, 2.24) is 10.2 Å². The quantitative estimate of drug-likeness (QED) is 0.389. The summed E-state index contributed by atoms with van der Waals surface area (Å²) in [6.07, 6.45) is -0.271. The molecule has 0 aromatic rings. The van der Waals surface area contributed by atoms with Crippen molar-refractivity contribution in [2.24, 2.45) is 11.5 Å². The Morgan fingerprint density at radius 2 is 1.53 bits per heavy atom. The van der Waals surface area contributed by atoms with Crippen molar-refractivity contribution < 1.29 is 24.3 Å². The van der Waals surface area contributed by atoms with Gasteiger partial charge in [-0.1, -0.05) is 0 Å². The molecular formula is C8H14N4O5. The van der Waals surface area contributed by atoms with Crippen molar-refractivity contribution in [2.45, 2.75) is 6.42 Å². The van der Waals surface area contributed by atoms with Gasteiger partial charge in [0.25, 0.3) is 0 Å². The summed E-state index contributed by atoms with van der Waals surface area (Å²) in [5.74, 6) is -2.69. The third-order valence-corrected chi connectivity index (χ3v) is 1.60. The Morgan fingerprint density at radius 1 is 1.06 bits per heavy atom. The predicted molar refractivity (Wildman–Crippen MR) is 55.6 cm³/mol. The van der Waals surface area contributed by atoms with E-state index in [9.17, 15) is 19.2 Å². The van der Waals surface area contributed by atoms with Gasteiger partial charge in [-0.3, -0.25) is 14.4 Å². The van der Waals surface area contributed by atoms with Crippen LogP contribution in [-0.2, 0) is 14.4 Å². The van der Waals surface area contributed by atoms with Gasteiger partial charge in [-0.05, 0) is 0 Å². The normalized spacial score (nSPS) is 9.41. The Bertz CT molecular complexity index is 314. The zero-order valence-electron chi connectivity index (χ0n) is 9.01. The van der Waals surface area contributed by atoms with Crippen LogP contribution in [0.4, 0.5) is 4.79 Å². The van der Waals surface area contributed by atoms with Crippen LogP contribution in [0.5, 0.6) is 0 Å². The SMILES string of the molecule is NC(=O)CN(CC(N)=O)C(=O)NCCC(=O)O. The van der Waals surface area contributed by atoms with Crippen LogP contribution in [0.25, 0.3) is 0 Å². The summed E-state index contributed by atoms with van der Waals surface area (Å²) >= 11 is 0. The molecular weight excluding hydrogens is 232 g/mol. The van der Waals surface area contributed by atoms with Crippen molar-refractivity contribution in [3.63, 3.8) is 0 Å². The summed E-state index contributed by atoms with van der Waals surface area (Å²) in [7, 11) is 0. The first kappa shape index (κ1) is 14.7. The molecule has 0 aliphatic heterocycles. The maximum atomic E-state index is 11.4. The van der Waals surface area contributed by atoms with Crippen molar-refractivity contribution in [2.75, 3.05) is 19.6 Å². The summed E-state index contributed by atoms with van der Waals surface area (Å²) in [5.41, 5.74) is 9.75. The number of nitrogens with two attached hydrogens (primary N) is 2. The van der Waals surface area contributed by atoms with Crippen molar-refractivity contribution >= 4 is 23.8 Å². The number of hydrogen-bond acceptors (Lipinski definition) is 4. The minimum Gasteiger partial charge on any atom is -0.481 e. The third kappa shape index (κ3) is 7.59. The molecule has 0 saturated heterocycles. The summed E-state index contributed by atoms with van der Waals surface area (Å²) in [4.78, 5) is 43.7. The molecule has 0 aromatic heterocycles. The van der Waals surface area contributed by atoms with Crippen LogP contribution < -0.4 is 16.8 Å². The lowest BCUT2D eigenvalue weighted by molar-refractivity contribution is -0.137. The molecule has 9 heteroatoms. The number of rotatable bonds is 7. The van der Waals surface area contributed by atoms with Crippen LogP contribution in [0.3, 0.4) is 0 Å². The minimum atomic E-state index is -1.08. The number of urea groups is 1. The van der Waals surface area contributed by atoms with Gasteiger partial charge >= 0.3 is 12.0 Å². The zero-order chi connectivity index (χ0) is 13.4. The van der Waals surface area contributed by atoms with Crippen molar-refractivity contribution in [3.05, 3.63) is 0 Å². The van der Waals surface area contributed by atoms with Gasteiger partial charge in [0.2, 0.25) is 11.8 Å². The highest BCUT2D eigenvalue weighted by molar-refractivity contribution is 5.87. The molecule has 0 saturated carbocycles. The highest BCUT2D eigenvalue weighted by Crippen LogP contribution is 1.89. The fraction of sp³-hybridized carbons (Fsp3) is 0.500. The lowest BCUT2D eigenvalue weighted by Crippen LogP contribution is -2.48. The average Bonchev–Trinajstić information content (AvgIpc) is 2.14. The van der Waals surface area contributed by atoms with Crippen LogP contribution in [0.15, 0.2) is 0 Å². The van der Waals surface area contributed by atoms with E-state index in [-0.39, 0.29) is 13.0 Å². The van der Waals surface area contributed by atoms with Gasteiger partial charge in [0.1, 0.15) is 13.1 Å². The number of carbonyl (C=O) groups is 4. The van der Waals surface area contributed by atoms with Crippen LogP contribution in [0, 0.1) is 0 Å². The number of carboxylic acid groups (broad SMARTS) is 1. The Labute approximate surface area is 96.7 Å². The highest BCUT2D eigenvalue weighted by Gasteiger charge is 2.17. The standard InChI is InChI=1S/C8H14N4O5/c9-5(13)3-12(4-6(10)14)8(17)11-2-1-7(15)16/h1-4H2,(H2,9,13)(H2,10,14)(H,11,17)(H,15,16). The van der Waals surface area contributed by atoms with E-state index in [0.717, 1.165) is 4.90 Å². The van der Waals surface area contributed by atoms with Gasteiger partial charge in [-0.2, -0.15) is 0 Å². The fourth-order valence-electron chi connectivity index (χ4n) is 0.964. The Balaban J connectivity index is 4.26. The van der Waals surface area contributed by atoms with Crippen molar-refractivity contribution in [1.29, 1.82) is 0 Å². The van der Waals surface area contributed by atoms with E-state index in [1.165, 1.54) is 0 Å². The molecule has 0 bridgehead atoms. The van der Waals surface area contributed by atoms with Crippen LogP contribution in [0.1, 0.15) is 6.42 Å². The molecule has 4 amide bonds. The van der Waals surface area contributed by atoms with Gasteiger partial charge < -0.3 is 26.8 Å². The molecule has 0 aromatic carbocycles. The summed E-state index contributed by atoms with van der Waals surface area (Å²) in [6.45, 7) is -1.06. The lowest BCUT2D eigenvalue weighted by atomic mass is 10.4. The first-order chi connectivity index (χ1) is 7.82. The maximum Gasteiger partial charge on any atom is 0.318 e. The number of primary amides is 2. The van der Waals surface area contributed by atoms with E-state index >= 15 is 0 Å². The second kappa shape index (κ2) is 7.04. The van der Waals surface area contributed by atoms with E-state index in [1.54, 1.807) is 0 Å². The number of carbonyl (C=O) groups excluding carboxylic acids is 3. The fourth-order valence-corrected chi connectivity index (χ4v) is 0.964. The highest BCUT2D eigenvalue weighted by atomic mass is 16.4. The molecule has 0 aliphatic rings. The number of carboxylic acids is 1. The van der Waals surface area contributed by atoms with Crippen LogP contribution in [-0.4, -0.2) is 53.5 Å². The minimum absolute atomic E-state index is 0.123. The van der Waals surface area contributed by atoms with E-state index in [0.29, 0.717) is 0 Å². The Kier molecular flexibility index (Phi) is 6.08. The monoisotopic (exact) mass is 246 g/mol. The van der Waals surface area contributed by atoms with Gasteiger partial charge in [0.05, 0.1) is 6.42 Å². The first-order valence-corrected chi connectivity index (χ1v) is 4.64. The molecule has 0 radical (unpaired) electrons. The predicted octanol–water partition coefficient (Wildman–Crippen LogP) is -2.56. The first-order valence-electron chi connectivity index (χ1n) is 4.64. The third-order valence-electron chi connectivity index (χ3n) is 1.60. The number of nitrogens with zero attached hydrogens (tertiary/aromatic N) is 1. The molecule has 0 aliphatic carbocycles. The van der Waals surface area contributed by atoms with Gasteiger partial charge in [-0.25, -0.2) is 4.79 Å². The second-order valence-corrected chi connectivity index (χ2v) is 3.16. The largest absolute Gasteiger partial charge is 0.481 e. The Hall–Kier alpha value is -2.32. The maximum absolute atomic E-state index is 11.4. The molecule has 0 atom stereocenters. The van der Waals surface area contributed by atoms with Gasteiger partial charge in [-0.15, -0.1) is 0 Å². The number of aliphatic carboxylic acids is 1. The molecule has 96 valence electrons. The molecule has 0 spiro atoms. The molecule has 0 heterocycles. The summed E-state index contributed by atoms with van der Waals surface area (Å²) in [6, 6.07) is -0.774. The van der Waals surface area contributed by atoms with E-state index < -0.39 is 36.9 Å². The number of nitrogens with one attached hydrogen (secondary N) is 1. The number of hydrogen-bond donors (Lipinski definition) is 4. The Morgan fingerprint density at radius 3 is 1.88 bits per heavy atom. The summed E-state index contributed by atoms with van der Waals surface area (Å²) in [5, 5.41) is 10.6. The molecule has 6 N–H and O–H groups in total. The number of amides is 4. The van der Waals surface area contributed by atoms with Crippen LogP contribution in [0.2, 0.25) is 0 Å². The molecule has 0 unspecified atom stereocenters. The molecule has 0 fully saturated rings. The van der Waals surface area contributed by atoms with Crippen LogP contribution >= 0.6 is 0 Å². The zero-order valence-corrected chi connectivity index (χ0v) is 9.01. The second-order valence-electron chi connectivity index (χ2n) is 3.16. The van der Waals surface area contributed by atoms with Gasteiger partial charge in [0, 0.05) is 6.54 Å². The summed E-state index contributed by atoms with van der Waals surface area (Å²) < 4.78 is 0. The molecule has 9 nitrogen and oxygen atoms in total. The lowest BCUT2D eigenvalue weighted by Gasteiger charge is -2.19. The van der Waals surface area contributed by atoms with Crippen molar-refractivity contribution in [3.8, 4) is 0 Å². The molecule has 0 rings (SSSR count). The van der Waals surface area contributed by atoms with E-state index in [4.69, 9.17) is 16.6 Å². The molecule has 17 heavy (non-hydrogen) atoms. The van der Waals surface area contributed by atoms with Gasteiger partial charge in [0.15, 0.2) is 0 Å². The smallest absolute Gasteiger partial charge is 0.318 e. The van der Waals surface area contributed by atoms with E-state index in [2.05, 4.69) is 5.32 Å². The average molecular weight is 246 g/mol. The topological polar surface area (TPSA) is 156 Å². The van der Waals surface area contributed by atoms with E-state index in [1.807, 2.05) is 0 Å².